The molecule has 0 fully saturated rings. The van der Waals surface area contributed by atoms with Crippen LogP contribution in [-0.4, -0.2) is 17.7 Å². The van der Waals surface area contributed by atoms with E-state index in [2.05, 4.69) is 0 Å². The van der Waals surface area contributed by atoms with E-state index in [-0.39, 0.29) is 17.7 Å². The number of para-hydroxylation sites is 1. The molecule has 1 N–H and O–H groups in total. The van der Waals surface area contributed by atoms with Crippen molar-refractivity contribution in [3.05, 3.63) is 65.7 Å². The van der Waals surface area contributed by atoms with Gasteiger partial charge in [0, 0.05) is 11.1 Å². The minimum absolute atomic E-state index is 0.138. The first-order chi connectivity index (χ1) is 9.99. The number of carboxylic acid groups (broad SMARTS) is 1. The number of benzene rings is 2. The number of hydrogen-bond donors (Lipinski definition) is 1. The summed E-state index contributed by atoms with van der Waals surface area (Å²) in [6.45, 7) is -0.840. The predicted molar refractivity (Wildman–Crippen MR) is 73.6 cm³/mol. The highest BCUT2D eigenvalue weighted by molar-refractivity contribution is 5.71. The third kappa shape index (κ3) is 4.02. The Balaban J connectivity index is 2.11. The number of rotatable bonds is 6. The van der Waals surface area contributed by atoms with Crippen molar-refractivity contribution in [2.75, 3.05) is 6.61 Å². The van der Waals surface area contributed by atoms with Gasteiger partial charge in [-0.25, -0.2) is 0 Å². The number of hydrogen-bond acceptors (Lipinski definition) is 2. The molecular formula is C16H14F2O3. The Morgan fingerprint density at radius 2 is 1.67 bits per heavy atom. The molecule has 2 aromatic carbocycles. The third-order valence-electron chi connectivity index (χ3n) is 2.92. The molecule has 0 amide bonds. The van der Waals surface area contributed by atoms with E-state index in [0.29, 0.717) is 5.56 Å². The van der Waals surface area contributed by atoms with Crippen LogP contribution in [0.1, 0.15) is 11.1 Å². The largest absolute Gasteiger partial charge is 0.487 e. The lowest BCUT2D eigenvalue weighted by Crippen LogP contribution is -2.23. The van der Waals surface area contributed by atoms with Crippen molar-refractivity contribution < 1.29 is 23.4 Å². The zero-order valence-electron chi connectivity index (χ0n) is 11.1. The van der Waals surface area contributed by atoms with Crippen molar-refractivity contribution in [3.63, 3.8) is 0 Å². The molecule has 0 unspecified atom stereocenters. The van der Waals surface area contributed by atoms with E-state index < -0.39 is 18.5 Å². The van der Waals surface area contributed by atoms with Crippen LogP contribution in [0.15, 0.2) is 54.6 Å². The Morgan fingerprint density at radius 3 is 2.33 bits per heavy atom. The molecule has 0 saturated heterocycles. The summed E-state index contributed by atoms with van der Waals surface area (Å²) >= 11 is 0. The second-order valence-corrected chi connectivity index (χ2v) is 4.54. The first kappa shape index (κ1) is 15.0. The van der Waals surface area contributed by atoms with E-state index in [1.165, 1.54) is 30.3 Å². The smallest absolute Gasteiger partial charge is 0.307 e. The number of carboxylic acids is 1. The van der Waals surface area contributed by atoms with E-state index in [0.717, 1.165) is 0 Å². The van der Waals surface area contributed by atoms with Crippen molar-refractivity contribution in [3.8, 4) is 5.75 Å². The van der Waals surface area contributed by atoms with Gasteiger partial charge in [0.1, 0.15) is 5.75 Å². The molecule has 0 radical (unpaired) electrons. The van der Waals surface area contributed by atoms with Crippen LogP contribution in [0.5, 0.6) is 5.75 Å². The number of ether oxygens (including phenoxy) is 1. The van der Waals surface area contributed by atoms with E-state index in [1.807, 2.05) is 0 Å². The van der Waals surface area contributed by atoms with Gasteiger partial charge in [0.25, 0.3) is 0 Å². The number of aliphatic carboxylic acids is 1. The van der Waals surface area contributed by atoms with Gasteiger partial charge in [-0.05, 0) is 6.07 Å². The van der Waals surface area contributed by atoms with Gasteiger partial charge in [0.05, 0.1) is 6.42 Å². The van der Waals surface area contributed by atoms with Crippen molar-refractivity contribution >= 4 is 5.97 Å². The van der Waals surface area contributed by atoms with Crippen LogP contribution < -0.4 is 4.74 Å². The Morgan fingerprint density at radius 1 is 1.05 bits per heavy atom. The molecule has 2 rings (SSSR count). The second-order valence-electron chi connectivity index (χ2n) is 4.54. The normalized spacial score (nSPS) is 11.1. The summed E-state index contributed by atoms with van der Waals surface area (Å²) in [7, 11) is 0. The summed E-state index contributed by atoms with van der Waals surface area (Å²) in [5, 5.41) is 8.79. The highest BCUT2D eigenvalue weighted by atomic mass is 19.3. The third-order valence-corrected chi connectivity index (χ3v) is 2.92. The van der Waals surface area contributed by atoms with Crippen molar-refractivity contribution in [2.24, 2.45) is 0 Å². The Hall–Kier alpha value is -2.43. The first-order valence-electron chi connectivity index (χ1n) is 6.35. The highest BCUT2D eigenvalue weighted by Gasteiger charge is 2.32. The van der Waals surface area contributed by atoms with Gasteiger partial charge in [-0.15, -0.1) is 0 Å². The maximum Gasteiger partial charge on any atom is 0.307 e. The number of halogens is 2. The minimum atomic E-state index is -3.14. The molecule has 0 spiro atoms. The van der Waals surface area contributed by atoms with Crippen LogP contribution in [0.4, 0.5) is 8.78 Å². The molecule has 0 bridgehead atoms. The van der Waals surface area contributed by atoms with Gasteiger partial charge in [0.15, 0.2) is 6.61 Å². The van der Waals surface area contributed by atoms with Crippen LogP contribution in [0.3, 0.4) is 0 Å². The summed E-state index contributed by atoms with van der Waals surface area (Å²) in [6.07, 6.45) is -0.271. The van der Waals surface area contributed by atoms with Gasteiger partial charge in [0.2, 0.25) is 0 Å². The van der Waals surface area contributed by atoms with Gasteiger partial charge < -0.3 is 9.84 Å². The Kier molecular flexibility index (Phi) is 4.52. The molecule has 0 heterocycles. The average molecular weight is 292 g/mol. The first-order valence-corrected chi connectivity index (χ1v) is 6.35. The molecule has 21 heavy (non-hydrogen) atoms. The van der Waals surface area contributed by atoms with Crippen molar-refractivity contribution in [2.45, 2.75) is 12.3 Å². The molecule has 5 heteroatoms. The molecule has 0 aliphatic carbocycles. The molecule has 0 aromatic heterocycles. The summed E-state index contributed by atoms with van der Waals surface area (Å²) in [5.74, 6) is -4.02. The van der Waals surface area contributed by atoms with Crippen LogP contribution in [0.2, 0.25) is 0 Å². The number of carbonyl (C=O) groups is 1. The quantitative estimate of drug-likeness (QED) is 0.886. The molecule has 0 atom stereocenters. The van der Waals surface area contributed by atoms with Gasteiger partial charge in [-0.2, -0.15) is 8.78 Å². The van der Waals surface area contributed by atoms with Gasteiger partial charge >= 0.3 is 11.9 Å². The number of alkyl halides is 2. The second kappa shape index (κ2) is 6.35. The maximum atomic E-state index is 14.0. The minimum Gasteiger partial charge on any atom is -0.487 e. The lowest BCUT2D eigenvalue weighted by molar-refractivity contribution is -0.136. The molecule has 110 valence electrons. The Bertz CT molecular complexity index is 612. The predicted octanol–water partition coefficient (Wildman–Crippen LogP) is 3.48. The summed E-state index contributed by atoms with van der Waals surface area (Å²) < 4.78 is 33.1. The van der Waals surface area contributed by atoms with Crippen LogP contribution >= 0.6 is 0 Å². The zero-order chi connectivity index (χ0) is 15.3. The molecule has 3 nitrogen and oxygen atoms in total. The molecule has 0 aliphatic rings. The fourth-order valence-corrected chi connectivity index (χ4v) is 1.89. The van der Waals surface area contributed by atoms with E-state index in [4.69, 9.17) is 9.84 Å². The summed E-state index contributed by atoms with van der Waals surface area (Å²) in [4.78, 5) is 10.7. The van der Waals surface area contributed by atoms with Gasteiger partial charge in [-0.3, -0.25) is 4.79 Å². The van der Waals surface area contributed by atoms with E-state index in [1.54, 1.807) is 24.3 Å². The summed E-state index contributed by atoms with van der Waals surface area (Å²) in [5.41, 5.74) is 0.231. The van der Waals surface area contributed by atoms with Crippen LogP contribution in [-0.2, 0) is 17.1 Å². The zero-order valence-corrected chi connectivity index (χ0v) is 11.1. The standard InChI is InChI=1S/C16H14F2O3/c17-16(18,13-7-2-1-3-8-13)11-21-14-9-5-4-6-12(14)10-15(19)20/h1-9H,10-11H2,(H,19,20). The van der Waals surface area contributed by atoms with E-state index >= 15 is 0 Å². The van der Waals surface area contributed by atoms with Crippen molar-refractivity contribution in [1.82, 2.24) is 0 Å². The van der Waals surface area contributed by atoms with Crippen LogP contribution in [0, 0.1) is 0 Å². The highest BCUT2D eigenvalue weighted by Crippen LogP contribution is 2.29. The average Bonchev–Trinajstić information content (AvgIpc) is 2.47. The molecule has 2 aromatic rings. The topological polar surface area (TPSA) is 46.5 Å². The van der Waals surface area contributed by atoms with Gasteiger partial charge in [-0.1, -0.05) is 48.5 Å². The fraction of sp³-hybridized carbons (Fsp3) is 0.188. The lowest BCUT2D eigenvalue weighted by atomic mass is 10.1. The summed E-state index contributed by atoms with van der Waals surface area (Å²) in [6, 6.07) is 13.6. The molecular weight excluding hydrogens is 278 g/mol. The lowest BCUT2D eigenvalue weighted by Gasteiger charge is -2.18. The molecule has 0 saturated carbocycles. The fourth-order valence-electron chi connectivity index (χ4n) is 1.89. The van der Waals surface area contributed by atoms with Crippen molar-refractivity contribution in [1.29, 1.82) is 0 Å². The SMILES string of the molecule is O=C(O)Cc1ccccc1OCC(F)(F)c1ccccc1. The van der Waals surface area contributed by atoms with Crippen LogP contribution in [0.25, 0.3) is 0 Å². The Labute approximate surface area is 120 Å². The maximum absolute atomic E-state index is 14.0. The monoisotopic (exact) mass is 292 g/mol. The molecule has 0 aliphatic heterocycles. The van der Waals surface area contributed by atoms with E-state index in [9.17, 15) is 13.6 Å².